The lowest BCUT2D eigenvalue weighted by atomic mass is 10.2. The van der Waals surface area contributed by atoms with Gasteiger partial charge in [-0.3, -0.25) is 9.80 Å². The second kappa shape index (κ2) is 12.5. The molecular formula is C24H34N2O5. The van der Waals surface area contributed by atoms with Gasteiger partial charge < -0.3 is 24.1 Å². The highest BCUT2D eigenvalue weighted by molar-refractivity contribution is 5.43. The molecular weight excluding hydrogens is 396 g/mol. The van der Waals surface area contributed by atoms with Crippen LogP contribution in [0, 0.1) is 0 Å². The van der Waals surface area contributed by atoms with E-state index in [2.05, 4.69) is 16.8 Å². The van der Waals surface area contributed by atoms with Gasteiger partial charge in [0.25, 0.3) is 0 Å². The van der Waals surface area contributed by atoms with Crippen molar-refractivity contribution < 1.29 is 24.1 Å². The fraction of sp³-hybridized carbons (Fsp3) is 0.500. The van der Waals surface area contributed by atoms with Crippen LogP contribution in [-0.2, 0) is 11.3 Å². The SMILES string of the molecule is COc1cc(CN(C)CCOc2ccccc2)ccc1OCC(O)CN1CCOCC1. The van der Waals surface area contributed by atoms with Crippen LogP contribution in [0.2, 0.25) is 0 Å². The van der Waals surface area contributed by atoms with Crippen LogP contribution in [0.25, 0.3) is 0 Å². The number of β-amino-alcohol motifs (C(OH)–C–C–N with tert-alkyl or cyclic N) is 1. The van der Waals surface area contributed by atoms with Crippen LogP contribution < -0.4 is 14.2 Å². The lowest BCUT2D eigenvalue weighted by Crippen LogP contribution is -2.42. The molecule has 1 aliphatic rings. The third-order valence-electron chi connectivity index (χ3n) is 5.17. The highest BCUT2D eigenvalue weighted by atomic mass is 16.5. The molecule has 170 valence electrons. The molecule has 1 atom stereocenters. The summed E-state index contributed by atoms with van der Waals surface area (Å²) in [6.45, 7) is 6.14. The Kier molecular flexibility index (Phi) is 9.42. The summed E-state index contributed by atoms with van der Waals surface area (Å²) in [5.41, 5.74) is 1.13. The lowest BCUT2D eigenvalue weighted by molar-refractivity contribution is 0.00445. The molecule has 0 saturated carbocycles. The zero-order valence-corrected chi connectivity index (χ0v) is 18.5. The van der Waals surface area contributed by atoms with Gasteiger partial charge in [0.05, 0.1) is 20.3 Å². The molecule has 0 spiro atoms. The average Bonchev–Trinajstić information content (AvgIpc) is 2.79. The van der Waals surface area contributed by atoms with Crippen molar-refractivity contribution in [2.24, 2.45) is 0 Å². The number of morpholine rings is 1. The number of hydrogen-bond donors (Lipinski definition) is 1. The van der Waals surface area contributed by atoms with Gasteiger partial charge in [0.1, 0.15) is 25.1 Å². The normalized spacial score (nSPS) is 15.6. The van der Waals surface area contributed by atoms with Gasteiger partial charge in [0.2, 0.25) is 0 Å². The summed E-state index contributed by atoms with van der Waals surface area (Å²) < 4.78 is 22.5. The highest BCUT2D eigenvalue weighted by Gasteiger charge is 2.16. The molecule has 7 heteroatoms. The third-order valence-corrected chi connectivity index (χ3v) is 5.17. The molecule has 0 bridgehead atoms. The molecule has 1 aliphatic heterocycles. The summed E-state index contributed by atoms with van der Waals surface area (Å²) in [5.74, 6) is 2.20. The monoisotopic (exact) mass is 430 g/mol. The predicted molar refractivity (Wildman–Crippen MR) is 120 cm³/mol. The molecule has 3 rings (SSSR count). The minimum Gasteiger partial charge on any atom is -0.493 e. The van der Waals surface area contributed by atoms with E-state index in [-0.39, 0.29) is 6.61 Å². The summed E-state index contributed by atoms with van der Waals surface area (Å²) in [6, 6.07) is 15.8. The van der Waals surface area contributed by atoms with Crippen molar-refractivity contribution >= 4 is 0 Å². The number of aliphatic hydroxyl groups excluding tert-OH is 1. The largest absolute Gasteiger partial charge is 0.493 e. The molecule has 1 heterocycles. The van der Waals surface area contributed by atoms with E-state index in [1.165, 1.54) is 0 Å². The Labute approximate surface area is 185 Å². The van der Waals surface area contributed by atoms with Crippen LogP contribution in [0.15, 0.2) is 48.5 Å². The van der Waals surface area contributed by atoms with Crippen LogP contribution in [0.1, 0.15) is 5.56 Å². The molecule has 0 amide bonds. The number of likely N-dealkylation sites (N-methyl/N-ethyl adjacent to an activating group) is 1. The standard InChI is InChI=1S/C24H34N2O5/c1-25(10-15-30-22-6-4-3-5-7-22)17-20-8-9-23(24(16-20)28-2)31-19-21(27)18-26-11-13-29-14-12-26/h3-9,16,21,27H,10-15,17-19H2,1-2H3. The van der Waals surface area contributed by atoms with E-state index in [0.29, 0.717) is 24.7 Å². The molecule has 2 aromatic carbocycles. The summed E-state index contributed by atoms with van der Waals surface area (Å²) in [4.78, 5) is 4.39. The maximum Gasteiger partial charge on any atom is 0.161 e. The van der Waals surface area contributed by atoms with Crippen molar-refractivity contribution in [1.82, 2.24) is 9.80 Å². The molecule has 1 saturated heterocycles. The minimum absolute atomic E-state index is 0.226. The zero-order chi connectivity index (χ0) is 21.9. The number of rotatable bonds is 12. The van der Waals surface area contributed by atoms with Gasteiger partial charge in [-0.15, -0.1) is 0 Å². The Bertz CT molecular complexity index is 768. The predicted octanol–water partition coefficient (Wildman–Crippen LogP) is 2.28. The smallest absolute Gasteiger partial charge is 0.161 e. The molecule has 7 nitrogen and oxygen atoms in total. The molecule has 31 heavy (non-hydrogen) atoms. The first-order valence-electron chi connectivity index (χ1n) is 10.8. The van der Waals surface area contributed by atoms with Crippen LogP contribution in [0.3, 0.4) is 0 Å². The number of aliphatic hydroxyl groups is 1. The summed E-state index contributed by atoms with van der Waals surface area (Å²) in [6.07, 6.45) is -0.557. The first-order valence-corrected chi connectivity index (χ1v) is 10.8. The molecule has 2 aromatic rings. The van der Waals surface area contributed by atoms with Crippen molar-refractivity contribution in [1.29, 1.82) is 0 Å². The topological polar surface area (TPSA) is 63.6 Å². The number of nitrogens with zero attached hydrogens (tertiary/aromatic N) is 2. The van der Waals surface area contributed by atoms with E-state index in [1.54, 1.807) is 7.11 Å². The van der Waals surface area contributed by atoms with Gasteiger partial charge in [-0.2, -0.15) is 0 Å². The Morgan fingerprint density at radius 2 is 1.84 bits per heavy atom. The first-order chi connectivity index (χ1) is 15.1. The van der Waals surface area contributed by atoms with E-state index < -0.39 is 6.10 Å². The Morgan fingerprint density at radius 1 is 1.06 bits per heavy atom. The number of methoxy groups -OCH3 is 1. The summed E-state index contributed by atoms with van der Waals surface area (Å²) in [5, 5.41) is 10.3. The summed E-state index contributed by atoms with van der Waals surface area (Å²) >= 11 is 0. The van der Waals surface area contributed by atoms with Crippen LogP contribution in [0.4, 0.5) is 0 Å². The Morgan fingerprint density at radius 3 is 2.58 bits per heavy atom. The molecule has 1 N–H and O–H groups in total. The third kappa shape index (κ3) is 8.03. The summed E-state index contributed by atoms with van der Waals surface area (Å²) in [7, 11) is 3.70. The Balaban J connectivity index is 1.43. The minimum atomic E-state index is -0.557. The van der Waals surface area contributed by atoms with Crippen molar-refractivity contribution in [3.05, 3.63) is 54.1 Å². The fourth-order valence-electron chi connectivity index (χ4n) is 3.48. The van der Waals surface area contributed by atoms with Crippen molar-refractivity contribution in [2.45, 2.75) is 12.6 Å². The van der Waals surface area contributed by atoms with Crippen LogP contribution in [0.5, 0.6) is 17.2 Å². The van der Waals surface area contributed by atoms with Crippen molar-refractivity contribution in [2.75, 3.05) is 66.8 Å². The van der Waals surface area contributed by atoms with Gasteiger partial charge >= 0.3 is 0 Å². The lowest BCUT2D eigenvalue weighted by Gasteiger charge is -2.28. The van der Waals surface area contributed by atoms with Crippen LogP contribution >= 0.6 is 0 Å². The fourth-order valence-corrected chi connectivity index (χ4v) is 3.48. The van der Waals surface area contributed by atoms with E-state index in [9.17, 15) is 5.11 Å². The van der Waals surface area contributed by atoms with E-state index in [4.69, 9.17) is 18.9 Å². The van der Waals surface area contributed by atoms with E-state index in [0.717, 1.165) is 50.7 Å². The van der Waals surface area contributed by atoms with E-state index in [1.807, 2.05) is 48.5 Å². The highest BCUT2D eigenvalue weighted by Crippen LogP contribution is 2.28. The number of para-hydroxylation sites is 1. The quantitative estimate of drug-likeness (QED) is 0.554. The Hall–Kier alpha value is -2.32. The van der Waals surface area contributed by atoms with Crippen molar-refractivity contribution in [3.63, 3.8) is 0 Å². The molecule has 0 aromatic heterocycles. The molecule has 1 fully saturated rings. The van der Waals surface area contributed by atoms with Gasteiger partial charge in [-0.05, 0) is 36.9 Å². The number of benzene rings is 2. The number of hydrogen-bond acceptors (Lipinski definition) is 7. The molecule has 0 aliphatic carbocycles. The van der Waals surface area contributed by atoms with Gasteiger partial charge in [0.15, 0.2) is 11.5 Å². The maximum absolute atomic E-state index is 10.3. The zero-order valence-electron chi connectivity index (χ0n) is 18.5. The average molecular weight is 431 g/mol. The van der Waals surface area contributed by atoms with Crippen LogP contribution in [-0.4, -0.2) is 87.8 Å². The number of ether oxygens (including phenoxy) is 4. The molecule has 0 radical (unpaired) electrons. The van der Waals surface area contributed by atoms with E-state index >= 15 is 0 Å². The molecule has 1 unspecified atom stereocenters. The van der Waals surface area contributed by atoms with Gasteiger partial charge in [0, 0.05) is 32.7 Å². The van der Waals surface area contributed by atoms with Crippen molar-refractivity contribution in [3.8, 4) is 17.2 Å². The maximum atomic E-state index is 10.3. The van der Waals surface area contributed by atoms with Gasteiger partial charge in [-0.25, -0.2) is 0 Å². The second-order valence-corrected chi connectivity index (χ2v) is 7.76. The van der Waals surface area contributed by atoms with Gasteiger partial charge in [-0.1, -0.05) is 24.3 Å². The first kappa shape index (κ1) is 23.3. The second-order valence-electron chi connectivity index (χ2n) is 7.76.